The highest BCUT2D eigenvalue weighted by Gasteiger charge is 2.10. The SMILES string of the molecule is Oc1cnccc1-c1nc2cc(Cl)c(Cl)cc2[nH]1. The highest BCUT2D eigenvalue weighted by molar-refractivity contribution is 6.42. The van der Waals surface area contributed by atoms with Gasteiger partial charge in [0.05, 0.1) is 32.8 Å². The van der Waals surface area contributed by atoms with Crippen LogP contribution in [0.1, 0.15) is 0 Å². The van der Waals surface area contributed by atoms with Gasteiger partial charge >= 0.3 is 0 Å². The average molecular weight is 280 g/mol. The molecular weight excluding hydrogens is 273 g/mol. The molecule has 0 unspecified atom stereocenters. The fourth-order valence-electron chi connectivity index (χ4n) is 1.72. The standard InChI is InChI=1S/C12H7Cl2N3O/c13-7-3-9-10(4-8(7)14)17-12(16-9)6-1-2-15-5-11(6)18/h1-5,18H,(H,16,17). The molecule has 2 aromatic heterocycles. The number of nitrogens with zero attached hydrogens (tertiary/aromatic N) is 2. The largest absolute Gasteiger partial charge is 0.506 e. The number of hydrogen-bond acceptors (Lipinski definition) is 3. The van der Waals surface area contributed by atoms with Crippen LogP contribution in [-0.2, 0) is 0 Å². The maximum atomic E-state index is 9.72. The van der Waals surface area contributed by atoms with Crippen molar-refractivity contribution in [3.63, 3.8) is 0 Å². The first-order chi connectivity index (χ1) is 8.65. The molecule has 0 aliphatic rings. The number of fused-ring (bicyclic) bond motifs is 1. The Balaban J connectivity index is 2.23. The number of benzene rings is 1. The van der Waals surface area contributed by atoms with E-state index in [2.05, 4.69) is 15.0 Å². The van der Waals surface area contributed by atoms with Crippen LogP contribution >= 0.6 is 23.2 Å². The molecule has 0 saturated carbocycles. The third kappa shape index (κ3) is 1.79. The van der Waals surface area contributed by atoms with Gasteiger partial charge in [0.2, 0.25) is 0 Å². The summed E-state index contributed by atoms with van der Waals surface area (Å²) < 4.78 is 0. The van der Waals surface area contributed by atoms with Gasteiger partial charge in [0, 0.05) is 6.20 Å². The highest BCUT2D eigenvalue weighted by Crippen LogP contribution is 2.31. The molecule has 0 bridgehead atoms. The second-order valence-corrected chi connectivity index (χ2v) is 4.58. The van der Waals surface area contributed by atoms with Gasteiger partial charge < -0.3 is 10.1 Å². The molecule has 0 aliphatic carbocycles. The smallest absolute Gasteiger partial charge is 0.144 e. The van der Waals surface area contributed by atoms with Crippen LogP contribution in [0.4, 0.5) is 0 Å². The van der Waals surface area contributed by atoms with Crippen LogP contribution in [0.2, 0.25) is 10.0 Å². The minimum Gasteiger partial charge on any atom is -0.506 e. The molecule has 0 atom stereocenters. The number of hydrogen-bond donors (Lipinski definition) is 2. The quantitative estimate of drug-likeness (QED) is 0.715. The van der Waals surface area contributed by atoms with Crippen molar-refractivity contribution in [2.45, 2.75) is 0 Å². The van der Waals surface area contributed by atoms with Crippen molar-refractivity contribution < 1.29 is 5.11 Å². The van der Waals surface area contributed by atoms with Crippen molar-refractivity contribution in [2.75, 3.05) is 0 Å². The van der Waals surface area contributed by atoms with Crippen molar-refractivity contribution in [3.8, 4) is 17.1 Å². The van der Waals surface area contributed by atoms with Crippen molar-refractivity contribution in [1.82, 2.24) is 15.0 Å². The Hall–Kier alpha value is -1.78. The summed E-state index contributed by atoms with van der Waals surface area (Å²) in [7, 11) is 0. The first-order valence-corrected chi connectivity index (χ1v) is 5.89. The number of rotatable bonds is 1. The maximum Gasteiger partial charge on any atom is 0.144 e. The second kappa shape index (κ2) is 4.15. The van der Waals surface area contributed by atoms with E-state index in [1.807, 2.05) is 0 Å². The van der Waals surface area contributed by atoms with Crippen LogP contribution in [0, 0.1) is 0 Å². The predicted octanol–water partition coefficient (Wildman–Crippen LogP) is 3.64. The maximum absolute atomic E-state index is 9.72. The monoisotopic (exact) mass is 279 g/mol. The van der Waals surface area contributed by atoms with Crippen LogP contribution in [0.3, 0.4) is 0 Å². The van der Waals surface area contributed by atoms with Gasteiger partial charge in [0.25, 0.3) is 0 Å². The van der Waals surface area contributed by atoms with Crippen molar-refractivity contribution >= 4 is 34.2 Å². The summed E-state index contributed by atoms with van der Waals surface area (Å²) in [6.07, 6.45) is 2.95. The molecule has 0 amide bonds. The molecule has 6 heteroatoms. The molecule has 90 valence electrons. The first-order valence-electron chi connectivity index (χ1n) is 5.13. The van der Waals surface area contributed by atoms with E-state index >= 15 is 0 Å². The van der Waals surface area contributed by atoms with Crippen LogP contribution in [0.15, 0.2) is 30.6 Å². The third-order valence-corrected chi connectivity index (χ3v) is 3.30. The molecule has 1 aromatic carbocycles. The highest BCUT2D eigenvalue weighted by atomic mass is 35.5. The van der Waals surface area contributed by atoms with Gasteiger partial charge in [-0.15, -0.1) is 0 Å². The Kier molecular flexibility index (Phi) is 2.61. The van der Waals surface area contributed by atoms with Gasteiger partial charge in [0.1, 0.15) is 11.6 Å². The third-order valence-electron chi connectivity index (χ3n) is 2.58. The fraction of sp³-hybridized carbons (Fsp3) is 0. The van der Waals surface area contributed by atoms with E-state index < -0.39 is 0 Å². The molecule has 0 aliphatic heterocycles. The van der Waals surface area contributed by atoms with Crippen LogP contribution in [0.5, 0.6) is 5.75 Å². The fourth-order valence-corrected chi connectivity index (χ4v) is 2.04. The summed E-state index contributed by atoms with van der Waals surface area (Å²) in [6.45, 7) is 0. The van der Waals surface area contributed by atoms with Gasteiger partial charge in [-0.1, -0.05) is 23.2 Å². The second-order valence-electron chi connectivity index (χ2n) is 3.76. The van der Waals surface area contributed by atoms with E-state index in [-0.39, 0.29) is 5.75 Å². The zero-order chi connectivity index (χ0) is 12.7. The minimum absolute atomic E-state index is 0.0637. The van der Waals surface area contributed by atoms with Gasteiger partial charge in [-0.2, -0.15) is 0 Å². The zero-order valence-electron chi connectivity index (χ0n) is 8.98. The van der Waals surface area contributed by atoms with E-state index in [4.69, 9.17) is 23.2 Å². The number of pyridine rings is 1. The van der Waals surface area contributed by atoms with Crippen LogP contribution < -0.4 is 0 Å². The van der Waals surface area contributed by atoms with Gasteiger partial charge in [0.15, 0.2) is 0 Å². The molecule has 0 spiro atoms. The lowest BCUT2D eigenvalue weighted by atomic mass is 10.2. The van der Waals surface area contributed by atoms with Crippen LogP contribution in [0.25, 0.3) is 22.4 Å². The Morgan fingerprint density at radius 1 is 1.17 bits per heavy atom. The lowest BCUT2D eigenvalue weighted by molar-refractivity contribution is 0.474. The van der Waals surface area contributed by atoms with E-state index in [1.54, 1.807) is 24.4 Å². The summed E-state index contributed by atoms with van der Waals surface area (Å²) >= 11 is 11.9. The molecule has 2 N–H and O–H groups in total. The van der Waals surface area contributed by atoms with Crippen LogP contribution in [-0.4, -0.2) is 20.1 Å². The van der Waals surface area contributed by atoms with E-state index in [9.17, 15) is 5.11 Å². The molecule has 0 fully saturated rings. The molecular formula is C12H7Cl2N3O. The molecule has 4 nitrogen and oxygen atoms in total. The molecule has 18 heavy (non-hydrogen) atoms. The summed E-state index contributed by atoms with van der Waals surface area (Å²) in [5.74, 6) is 0.608. The van der Waals surface area contributed by atoms with E-state index in [0.29, 0.717) is 26.9 Å². The Morgan fingerprint density at radius 3 is 2.72 bits per heavy atom. The lowest BCUT2D eigenvalue weighted by Crippen LogP contribution is -1.82. The summed E-state index contributed by atoms with van der Waals surface area (Å²) in [5.41, 5.74) is 2.03. The Morgan fingerprint density at radius 2 is 1.94 bits per heavy atom. The number of halogens is 2. The Bertz CT molecular complexity index is 700. The topological polar surface area (TPSA) is 61.8 Å². The average Bonchev–Trinajstić information content (AvgIpc) is 2.73. The number of aromatic amines is 1. The summed E-state index contributed by atoms with van der Waals surface area (Å²) in [6, 6.07) is 5.06. The molecule has 0 radical (unpaired) electrons. The normalized spacial score (nSPS) is 11.0. The van der Waals surface area contributed by atoms with E-state index in [1.165, 1.54) is 6.20 Å². The number of nitrogens with one attached hydrogen (secondary N) is 1. The van der Waals surface area contributed by atoms with Gasteiger partial charge in [-0.3, -0.25) is 4.98 Å². The van der Waals surface area contributed by atoms with Crippen molar-refractivity contribution in [2.24, 2.45) is 0 Å². The molecule has 3 aromatic rings. The van der Waals surface area contributed by atoms with Crippen molar-refractivity contribution in [3.05, 3.63) is 40.6 Å². The van der Waals surface area contributed by atoms with Gasteiger partial charge in [-0.05, 0) is 18.2 Å². The van der Waals surface area contributed by atoms with E-state index in [0.717, 1.165) is 5.52 Å². The van der Waals surface area contributed by atoms with Gasteiger partial charge in [-0.25, -0.2) is 4.98 Å². The summed E-state index contributed by atoms with van der Waals surface area (Å²) in [4.78, 5) is 11.3. The molecule has 2 heterocycles. The lowest BCUT2D eigenvalue weighted by Gasteiger charge is -1.98. The molecule has 0 saturated heterocycles. The number of H-pyrrole nitrogens is 1. The number of imidazole rings is 1. The number of aromatic hydroxyl groups is 1. The van der Waals surface area contributed by atoms with Crippen molar-refractivity contribution in [1.29, 1.82) is 0 Å². The zero-order valence-corrected chi connectivity index (χ0v) is 10.5. The Labute approximate surface area is 112 Å². The molecule has 3 rings (SSSR count). The predicted molar refractivity (Wildman–Crippen MR) is 71.0 cm³/mol. The minimum atomic E-state index is 0.0637. The number of aromatic nitrogens is 3. The summed E-state index contributed by atoms with van der Waals surface area (Å²) in [5, 5.41) is 10.6. The first kappa shape index (κ1) is 11.3.